The fourth-order valence-corrected chi connectivity index (χ4v) is 2.93. The topological polar surface area (TPSA) is 49.4 Å². The van der Waals surface area contributed by atoms with Gasteiger partial charge in [-0.05, 0) is 36.8 Å². The van der Waals surface area contributed by atoms with E-state index in [0.29, 0.717) is 10.7 Å². The van der Waals surface area contributed by atoms with Gasteiger partial charge in [-0.1, -0.05) is 53.0 Å². The first-order valence-electron chi connectivity index (χ1n) is 6.96. The summed E-state index contributed by atoms with van der Waals surface area (Å²) in [5.41, 5.74) is 1.73. The van der Waals surface area contributed by atoms with Crippen molar-refractivity contribution in [3.63, 3.8) is 0 Å². The predicted molar refractivity (Wildman–Crippen MR) is 96.6 cm³/mol. The van der Waals surface area contributed by atoms with Crippen LogP contribution in [-0.4, -0.2) is 11.8 Å². The molecule has 0 fully saturated rings. The van der Waals surface area contributed by atoms with Gasteiger partial charge in [0.2, 0.25) is 0 Å². The van der Waals surface area contributed by atoms with Crippen LogP contribution in [0.15, 0.2) is 53.2 Å². The van der Waals surface area contributed by atoms with Crippen LogP contribution in [0.4, 0.5) is 11.4 Å². The SMILES string of the molecule is Cc1ccc(Cl)cc1NC1=C(Cl)C(=O)N(c2ccccc2Cl)C1=O. The smallest absolute Gasteiger partial charge is 0.283 e. The number of hydrogen-bond donors (Lipinski definition) is 1. The molecule has 0 unspecified atom stereocenters. The molecule has 0 bridgehead atoms. The molecule has 0 atom stereocenters. The quantitative estimate of drug-likeness (QED) is 0.781. The van der Waals surface area contributed by atoms with Crippen LogP contribution in [0.1, 0.15) is 5.56 Å². The van der Waals surface area contributed by atoms with Crippen LogP contribution in [0.3, 0.4) is 0 Å². The highest BCUT2D eigenvalue weighted by atomic mass is 35.5. The molecule has 1 heterocycles. The highest BCUT2D eigenvalue weighted by Gasteiger charge is 2.39. The lowest BCUT2D eigenvalue weighted by atomic mass is 10.2. The number of halogens is 3. The Labute approximate surface area is 153 Å². The van der Waals surface area contributed by atoms with Crippen molar-refractivity contribution in [3.8, 4) is 0 Å². The van der Waals surface area contributed by atoms with Gasteiger partial charge in [-0.15, -0.1) is 0 Å². The second kappa shape index (κ2) is 6.48. The van der Waals surface area contributed by atoms with Gasteiger partial charge >= 0.3 is 0 Å². The second-order valence-corrected chi connectivity index (χ2v) is 6.39. The average Bonchev–Trinajstić information content (AvgIpc) is 2.75. The average molecular weight is 382 g/mol. The molecular formula is C17H11Cl3N2O2. The van der Waals surface area contributed by atoms with E-state index in [2.05, 4.69) is 5.32 Å². The molecule has 1 aliphatic rings. The van der Waals surface area contributed by atoms with Gasteiger partial charge in [0.15, 0.2) is 0 Å². The summed E-state index contributed by atoms with van der Waals surface area (Å²) in [5, 5.41) is 3.49. The number of nitrogens with one attached hydrogen (secondary N) is 1. The largest absolute Gasteiger partial charge is 0.349 e. The molecule has 2 aromatic carbocycles. The second-order valence-electron chi connectivity index (χ2n) is 5.17. The van der Waals surface area contributed by atoms with E-state index in [4.69, 9.17) is 34.8 Å². The molecule has 2 aromatic rings. The number of hydrogen-bond acceptors (Lipinski definition) is 3. The molecule has 1 N–H and O–H groups in total. The Morgan fingerprint density at radius 1 is 0.958 bits per heavy atom. The molecule has 7 heteroatoms. The van der Waals surface area contributed by atoms with Crippen LogP contribution in [0.5, 0.6) is 0 Å². The summed E-state index contributed by atoms with van der Waals surface area (Å²) >= 11 is 18.2. The van der Waals surface area contributed by atoms with Gasteiger partial charge in [-0.2, -0.15) is 0 Å². The van der Waals surface area contributed by atoms with Gasteiger partial charge in [-0.25, -0.2) is 4.90 Å². The molecule has 3 rings (SSSR count). The predicted octanol–water partition coefficient (Wildman–Crippen LogP) is 4.74. The number of nitrogens with zero attached hydrogens (tertiary/aromatic N) is 1. The highest BCUT2D eigenvalue weighted by Crippen LogP contribution is 2.34. The summed E-state index contributed by atoms with van der Waals surface area (Å²) < 4.78 is 0. The Morgan fingerprint density at radius 3 is 2.38 bits per heavy atom. The van der Waals surface area contributed by atoms with Crippen LogP contribution >= 0.6 is 34.8 Å². The lowest BCUT2D eigenvalue weighted by Gasteiger charge is -2.16. The number of rotatable bonds is 3. The summed E-state index contributed by atoms with van der Waals surface area (Å²) in [6, 6.07) is 11.8. The van der Waals surface area contributed by atoms with Crippen molar-refractivity contribution in [2.45, 2.75) is 6.92 Å². The monoisotopic (exact) mass is 380 g/mol. The van der Waals surface area contributed by atoms with Gasteiger partial charge in [0.1, 0.15) is 10.7 Å². The summed E-state index contributed by atoms with van der Waals surface area (Å²) in [4.78, 5) is 26.1. The third kappa shape index (κ3) is 2.88. The maximum atomic E-state index is 12.7. The Morgan fingerprint density at radius 2 is 1.67 bits per heavy atom. The number of imide groups is 1. The number of carbonyl (C=O) groups excluding carboxylic acids is 2. The first kappa shape index (κ1) is 16.8. The van der Waals surface area contributed by atoms with E-state index in [0.717, 1.165) is 10.5 Å². The molecule has 0 aliphatic carbocycles. The van der Waals surface area contributed by atoms with Crippen LogP contribution in [0.2, 0.25) is 10.0 Å². The minimum atomic E-state index is -0.628. The lowest BCUT2D eigenvalue weighted by Crippen LogP contribution is -2.32. The fourth-order valence-electron chi connectivity index (χ4n) is 2.33. The molecule has 0 spiro atoms. The Hall–Kier alpha value is -2.01. The Bertz CT molecular complexity index is 893. The number of carbonyl (C=O) groups is 2. The van der Waals surface area contributed by atoms with Crippen LogP contribution < -0.4 is 10.2 Å². The minimum Gasteiger partial charge on any atom is -0.349 e. The fraction of sp³-hybridized carbons (Fsp3) is 0.0588. The third-order valence-electron chi connectivity index (χ3n) is 3.58. The summed E-state index contributed by atoms with van der Waals surface area (Å²) in [7, 11) is 0. The van der Waals surface area contributed by atoms with E-state index in [-0.39, 0.29) is 21.4 Å². The van der Waals surface area contributed by atoms with Crippen LogP contribution in [0, 0.1) is 6.92 Å². The summed E-state index contributed by atoms with van der Waals surface area (Å²) in [6.07, 6.45) is 0. The lowest BCUT2D eigenvalue weighted by molar-refractivity contribution is -0.120. The van der Waals surface area contributed by atoms with Crippen LogP contribution in [0.25, 0.3) is 0 Å². The number of benzene rings is 2. The summed E-state index contributed by atoms with van der Waals surface area (Å²) in [6.45, 7) is 1.85. The number of para-hydroxylation sites is 1. The van der Waals surface area contributed by atoms with Gasteiger partial charge in [-0.3, -0.25) is 9.59 Å². The highest BCUT2D eigenvalue weighted by molar-refractivity contribution is 6.53. The van der Waals surface area contributed by atoms with Crippen molar-refractivity contribution in [2.75, 3.05) is 10.2 Å². The molecular weight excluding hydrogens is 371 g/mol. The molecule has 4 nitrogen and oxygen atoms in total. The van der Waals surface area contributed by atoms with Gasteiger partial charge in [0, 0.05) is 10.7 Å². The van der Waals surface area contributed by atoms with E-state index in [1.54, 1.807) is 42.5 Å². The first-order chi connectivity index (χ1) is 11.4. The van der Waals surface area contributed by atoms with E-state index in [1.165, 1.54) is 0 Å². The molecule has 1 aliphatic heterocycles. The van der Waals surface area contributed by atoms with Crippen molar-refractivity contribution in [1.82, 2.24) is 0 Å². The van der Waals surface area contributed by atoms with Crippen molar-refractivity contribution in [3.05, 3.63) is 68.8 Å². The van der Waals surface area contributed by atoms with Crippen molar-refractivity contribution in [2.24, 2.45) is 0 Å². The van der Waals surface area contributed by atoms with Crippen LogP contribution in [-0.2, 0) is 9.59 Å². The first-order valence-corrected chi connectivity index (χ1v) is 8.10. The van der Waals surface area contributed by atoms with E-state index in [9.17, 15) is 9.59 Å². The number of amides is 2. The van der Waals surface area contributed by atoms with Gasteiger partial charge < -0.3 is 5.32 Å². The van der Waals surface area contributed by atoms with Crippen molar-refractivity contribution < 1.29 is 9.59 Å². The van der Waals surface area contributed by atoms with E-state index >= 15 is 0 Å². The zero-order valence-corrected chi connectivity index (χ0v) is 14.7. The molecule has 24 heavy (non-hydrogen) atoms. The van der Waals surface area contributed by atoms with Crippen molar-refractivity contribution in [1.29, 1.82) is 0 Å². The maximum Gasteiger partial charge on any atom is 0.283 e. The molecule has 0 saturated carbocycles. The zero-order chi connectivity index (χ0) is 17.4. The normalized spacial score (nSPS) is 14.6. The number of anilines is 2. The number of aryl methyl sites for hydroxylation is 1. The molecule has 0 aromatic heterocycles. The zero-order valence-electron chi connectivity index (χ0n) is 12.4. The van der Waals surface area contributed by atoms with Gasteiger partial charge in [0.05, 0.1) is 10.7 Å². The maximum absolute atomic E-state index is 12.7. The Kier molecular flexibility index (Phi) is 4.54. The molecule has 0 saturated heterocycles. The minimum absolute atomic E-state index is 0.00745. The molecule has 122 valence electrons. The third-order valence-corrected chi connectivity index (χ3v) is 4.49. The van der Waals surface area contributed by atoms with E-state index < -0.39 is 11.8 Å². The Balaban J connectivity index is 1.98. The standard InChI is InChI=1S/C17H11Cl3N2O2/c1-9-6-7-10(18)8-12(9)21-15-14(20)16(23)22(17(15)24)13-5-3-2-4-11(13)19/h2-8,21H,1H3. The summed E-state index contributed by atoms with van der Waals surface area (Å²) in [5.74, 6) is -1.20. The molecule has 2 amide bonds. The molecule has 0 radical (unpaired) electrons. The van der Waals surface area contributed by atoms with Gasteiger partial charge in [0.25, 0.3) is 11.8 Å². The van der Waals surface area contributed by atoms with E-state index in [1.807, 2.05) is 6.92 Å². The van der Waals surface area contributed by atoms with Crippen molar-refractivity contribution >= 4 is 58.0 Å².